The van der Waals surface area contributed by atoms with Crippen LogP contribution in [0.4, 0.5) is 0 Å². The van der Waals surface area contributed by atoms with Crippen molar-refractivity contribution in [2.24, 2.45) is 0 Å². The number of aromatic nitrogens is 4. The van der Waals surface area contributed by atoms with Crippen LogP contribution in [0.15, 0.2) is 53.0 Å². The lowest BCUT2D eigenvalue weighted by atomic mass is 10.4. The summed E-state index contributed by atoms with van der Waals surface area (Å²) in [6, 6.07) is 7.95. The van der Waals surface area contributed by atoms with Gasteiger partial charge in [-0.05, 0) is 42.9 Å². The molecule has 21 heavy (non-hydrogen) atoms. The molecule has 0 aliphatic rings. The Kier molecular flexibility index (Phi) is 4.47. The van der Waals surface area contributed by atoms with Crippen molar-refractivity contribution in [3.8, 4) is 0 Å². The summed E-state index contributed by atoms with van der Waals surface area (Å²) < 4.78 is 2.13. The van der Waals surface area contributed by atoms with Crippen molar-refractivity contribution in [1.82, 2.24) is 24.7 Å². The van der Waals surface area contributed by atoms with E-state index < -0.39 is 0 Å². The Labute approximate surface area is 127 Å². The Balaban J connectivity index is 1.94. The fourth-order valence-corrected chi connectivity index (χ4v) is 2.94. The Morgan fingerprint density at radius 2 is 2.24 bits per heavy atom. The average Bonchev–Trinajstić information content (AvgIpc) is 2.86. The van der Waals surface area contributed by atoms with Crippen LogP contribution in [0.5, 0.6) is 0 Å². The lowest BCUT2D eigenvalue weighted by Crippen LogP contribution is -2.15. The number of rotatable bonds is 6. The molecule has 0 amide bonds. The third-order valence-corrected chi connectivity index (χ3v) is 4.04. The van der Waals surface area contributed by atoms with Gasteiger partial charge in [0.2, 0.25) is 0 Å². The molecule has 0 aromatic carbocycles. The highest BCUT2D eigenvalue weighted by molar-refractivity contribution is 7.99. The first-order valence-corrected chi connectivity index (χ1v) is 7.80. The van der Waals surface area contributed by atoms with Gasteiger partial charge in [0.1, 0.15) is 22.0 Å². The smallest absolute Gasteiger partial charge is 0.138 e. The quantitative estimate of drug-likeness (QED) is 0.560. The first kappa shape index (κ1) is 14.0. The number of nitrogens with one attached hydrogen (secondary N) is 1. The van der Waals surface area contributed by atoms with Gasteiger partial charge in [-0.3, -0.25) is 0 Å². The van der Waals surface area contributed by atoms with E-state index in [1.165, 1.54) is 5.69 Å². The zero-order valence-electron chi connectivity index (χ0n) is 11.9. The van der Waals surface area contributed by atoms with Crippen LogP contribution in [-0.2, 0) is 6.54 Å². The maximum atomic E-state index is 4.71. The van der Waals surface area contributed by atoms with Gasteiger partial charge in [0.05, 0.1) is 5.69 Å². The Bertz CT molecular complexity index is 710. The summed E-state index contributed by atoms with van der Waals surface area (Å²) in [4.78, 5) is 12.9. The standard InChI is InChI=1S/C15H17N5S/c1-2-7-16-10-12-15(21-14-6-8-17-11-18-14)19-13-5-3-4-9-20(12)13/h3-6,8-9,11,16H,2,7,10H2,1H3. The first-order valence-electron chi connectivity index (χ1n) is 6.99. The maximum Gasteiger partial charge on any atom is 0.138 e. The number of nitrogens with zero attached hydrogens (tertiary/aromatic N) is 4. The second kappa shape index (κ2) is 6.69. The molecule has 0 bridgehead atoms. The summed E-state index contributed by atoms with van der Waals surface area (Å²) in [5.41, 5.74) is 2.13. The fraction of sp³-hybridized carbons (Fsp3) is 0.267. The van der Waals surface area contributed by atoms with Crippen LogP contribution >= 0.6 is 11.8 Å². The summed E-state index contributed by atoms with van der Waals surface area (Å²) in [5, 5.41) is 5.35. The van der Waals surface area contributed by atoms with Crippen LogP contribution in [0, 0.1) is 0 Å². The predicted molar refractivity (Wildman–Crippen MR) is 83.3 cm³/mol. The van der Waals surface area contributed by atoms with Gasteiger partial charge in [-0.1, -0.05) is 13.0 Å². The highest BCUT2D eigenvalue weighted by Gasteiger charge is 2.13. The summed E-state index contributed by atoms with van der Waals surface area (Å²) >= 11 is 1.57. The highest BCUT2D eigenvalue weighted by atomic mass is 32.2. The van der Waals surface area contributed by atoms with Gasteiger partial charge < -0.3 is 9.72 Å². The third kappa shape index (κ3) is 3.22. The predicted octanol–water partition coefficient (Wildman–Crippen LogP) is 2.78. The molecule has 5 nitrogen and oxygen atoms in total. The molecule has 0 spiro atoms. The number of hydrogen-bond donors (Lipinski definition) is 1. The normalized spacial score (nSPS) is 11.1. The minimum atomic E-state index is 0.798. The van der Waals surface area contributed by atoms with Gasteiger partial charge in [0.15, 0.2) is 0 Å². The summed E-state index contributed by atoms with van der Waals surface area (Å²) in [6.45, 7) is 3.96. The van der Waals surface area contributed by atoms with Crippen LogP contribution in [-0.4, -0.2) is 25.9 Å². The minimum absolute atomic E-state index is 0.798. The molecule has 1 N–H and O–H groups in total. The summed E-state index contributed by atoms with van der Waals surface area (Å²) in [6.07, 6.45) is 6.48. The second-order valence-electron chi connectivity index (χ2n) is 4.62. The lowest BCUT2D eigenvalue weighted by Gasteiger charge is -2.05. The molecule has 3 aromatic heterocycles. The Hall–Kier alpha value is -1.92. The molecule has 0 unspecified atom stereocenters. The van der Waals surface area contributed by atoms with Crippen molar-refractivity contribution < 1.29 is 0 Å². The highest BCUT2D eigenvalue weighted by Crippen LogP contribution is 2.28. The Morgan fingerprint density at radius 3 is 3.05 bits per heavy atom. The topological polar surface area (TPSA) is 55.1 Å². The molecule has 6 heteroatoms. The SMILES string of the molecule is CCCNCc1c(Sc2ccncn2)nc2ccccn12. The van der Waals surface area contributed by atoms with Crippen LogP contribution in [0.25, 0.3) is 5.65 Å². The van der Waals surface area contributed by atoms with Crippen LogP contribution in [0.1, 0.15) is 19.0 Å². The van der Waals surface area contributed by atoms with Gasteiger partial charge in [0.25, 0.3) is 0 Å². The summed E-state index contributed by atoms with van der Waals surface area (Å²) in [5.74, 6) is 0. The minimum Gasteiger partial charge on any atom is -0.311 e. The van der Waals surface area contributed by atoms with Crippen molar-refractivity contribution in [1.29, 1.82) is 0 Å². The fourth-order valence-electron chi connectivity index (χ4n) is 2.09. The average molecular weight is 299 g/mol. The van der Waals surface area contributed by atoms with Crippen LogP contribution in [0.2, 0.25) is 0 Å². The molecule has 0 saturated carbocycles. The van der Waals surface area contributed by atoms with Crippen molar-refractivity contribution in [2.45, 2.75) is 29.9 Å². The van der Waals surface area contributed by atoms with E-state index in [1.54, 1.807) is 24.3 Å². The van der Waals surface area contributed by atoms with E-state index in [9.17, 15) is 0 Å². The first-order chi connectivity index (χ1) is 10.4. The number of fused-ring (bicyclic) bond motifs is 1. The monoisotopic (exact) mass is 299 g/mol. The molecule has 0 atom stereocenters. The van der Waals surface area contributed by atoms with E-state index >= 15 is 0 Å². The molecule has 0 aliphatic carbocycles. The second-order valence-corrected chi connectivity index (χ2v) is 5.63. The number of hydrogen-bond acceptors (Lipinski definition) is 5. The van der Waals surface area contributed by atoms with E-state index in [1.807, 2.05) is 24.3 Å². The van der Waals surface area contributed by atoms with Gasteiger partial charge >= 0.3 is 0 Å². The molecule has 0 saturated heterocycles. The van der Waals surface area contributed by atoms with Gasteiger partial charge in [0, 0.05) is 18.9 Å². The van der Waals surface area contributed by atoms with Crippen molar-refractivity contribution >= 4 is 17.4 Å². The van der Waals surface area contributed by atoms with Gasteiger partial charge in [-0.15, -0.1) is 0 Å². The molecule has 0 radical (unpaired) electrons. The van der Waals surface area contributed by atoms with E-state index in [4.69, 9.17) is 4.98 Å². The molecule has 3 heterocycles. The third-order valence-electron chi connectivity index (χ3n) is 3.07. The molecule has 3 rings (SSSR count). The molecule has 0 aliphatic heterocycles. The molecular weight excluding hydrogens is 282 g/mol. The molecular formula is C15H17N5S. The van der Waals surface area contributed by atoms with E-state index in [0.29, 0.717) is 0 Å². The lowest BCUT2D eigenvalue weighted by molar-refractivity contribution is 0.652. The maximum absolute atomic E-state index is 4.71. The van der Waals surface area contributed by atoms with Gasteiger partial charge in [-0.2, -0.15) is 0 Å². The summed E-state index contributed by atoms with van der Waals surface area (Å²) in [7, 11) is 0. The number of imidazole rings is 1. The molecule has 108 valence electrons. The van der Waals surface area contributed by atoms with Crippen molar-refractivity contribution in [3.63, 3.8) is 0 Å². The largest absolute Gasteiger partial charge is 0.311 e. The zero-order chi connectivity index (χ0) is 14.5. The zero-order valence-corrected chi connectivity index (χ0v) is 12.7. The Morgan fingerprint density at radius 1 is 1.29 bits per heavy atom. The van der Waals surface area contributed by atoms with Crippen LogP contribution < -0.4 is 5.32 Å². The van der Waals surface area contributed by atoms with Gasteiger partial charge in [-0.25, -0.2) is 15.0 Å². The van der Waals surface area contributed by atoms with Crippen molar-refractivity contribution in [3.05, 3.63) is 48.7 Å². The van der Waals surface area contributed by atoms with E-state index in [-0.39, 0.29) is 0 Å². The van der Waals surface area contributed by atoms with E-state index in [2.05, 4.69) is 32.8 Å². The van der Waals surface area contributed by atoms with Crippen molar-refractivity contribution in [2.75, 3.05) is 6.54 Å². The molecule has 3 aromatic rings. The molecule has 0 fully saturated rings. The number of pyridine rings is 1. The van der Waals surface area contributed by atoms with E-state index in [0.717, 1.165) is 35.2 Å². The van der Waals surface area contributed by atoms with Crippen LogP contribution in [0.3, 0.4) is 0 Å².